The summed E-state index contributed by atoms with van der Waals surface area (Å²) in [6.07, 6.45) is 11.0. The van der Waals surface area contributed by atoms with Crippen LogP contribution in [0.15, 0.2) is 79.3 Å². The lowest BCUT2D eigenvalue weighted by Crippen LogP contribution is -2.34. The van der Waals surface area contributed by atoms with Gasteiger partial charge in [-0.25, -0.2) is 0 Å². The molecule has 2 aliphatic rings. The summed E-state index contributed by atoms with van der Waals surface area (Å²) in [7, 11) is 0. The number of hydrogen-bond acceptors (Lipinski definition) is 8. The Morgan fingerprint density at radius 2 is 1.63 bits per heavy atom. The summed E-state index contributed by atoms with van der Waals surface area (Å²) in [5.41, 5.74) is 9.14. The Morgan fingerprint density at radius 3 is 2.44 bits per heavy atom. The Hall–Kier alpha value is -4.88. The van der Waals surface area contributed by atoms with Gasteiger partial charge in [-0.2, -0.15) is 10.4 Å². The highest BCUT2D eigenvalue weighted by atomic mass is 35.5. The Labute approximate surface area is 323 Å². The summed E-state index contributed by atoms with van der Waals surface area (Å²) in [5.74, 6) is 2.58. The second-order valence-electron chi connectivity index (χ2n) is 14.5. The monoisotopic (exact) mass is 744 g/mol. The third-order valence-electron chi connectivity index (χ3n) is 10.8. The van der Waals surface area contributed by atoms with E-state index in [1.165, 1.54) is 31.6 Å². The first-order chi connectivity index (χ1) is 26.4. The Kier molecular flexibility index (Phi) is 12.5. The maximum absolute atomic E-state index is 9.40. The van der Waals surface area contributed by atoms with E-state index in [0.29, 0.717) is 47.8 Å². The van der Waals surface area contributed by atoms with E-state index in [0.717, 1.165) is 83.6 Å². The number of aromatic amines is 1. The minimum absolute atomic E-state index is 0.259. The number of piperidine rings is 1. The average molecular weight is 745 g/mol. The number of ether oxygens (including phenoxy) is 3. The summed E-state index contributed by atoms with van der Waals surface area (Å²) in [4.78, 5) is 9.19. The van der Waals surface area contributed by atoms with Crippen LogP contribution in [0.3, 0.4) is 0 Å². The first kappa shape index (κ1) is 37.4. The fraction of sp³-hybridized carbons (Fsp3) is 0.386. The van der Waals surface area contributed by atoms with Crippen LogP contribution in [0.2, 0.25) is 5.02 Å². The zero-order chi connectivity index (χ0) is 37.3. The van der Waals surface area contributed by atoms with Crippen LogP contribution < -0.4 is 14.2 Å². The van der Waals surface area contributed by atoms with Gasteiger partial charge in [0.2, 0.25) is 0 Å². The van der Waals surface area contributed by atoms with Gasteiger partial charge in [-0.1, -0.05) is 41.9 Å². The highest BCUT2D eigenvalue weighted by Gasteiger charge is 2.24. The fourth-order valence-corrected chi connectivity index (χ4v) is 7.99. The SMILES string of the molecule is Cc1c(COc2cc(OCc3cncc(C#N)c3)c(CN3CCCC(c4ccn[nH]4)C3)cc2Cl)cccc1-c1cccc(OCCCN2CCCC2)c1C. The van der Waals surface area contributed by atoms with Crippen molar-refractivity contribution >= 4 is 11.6 Å². The molecule has 5 aromatic rings. The number of likely N-dealkylation sites (tertiary alicyclic amines) is 2. The lowest BCUT2D eigenvalue weighted by atomic mass is 9.93. The highest BCUT2D eigenvalue weighted by molar-refractivity contribution is 6.32. The van der Waals surface area contributed by atoms with Gasteiger partial charge in [0.05, 0.1) is 17.2 Å². The number of nitrogens with zero attached hydrogens (tertiary/aromatic N) is 5. The summed E-state index contributed by atoms with van der Waals surface area (Å²) in [6.45, 7) is 11.7. The first-order valence-corrected chi connectivity index (χ1v) is 19.5. The number of benzene rings is 3. The van der Waals surface area contributed by atoms with Crippen molar-refractivity contribution in [1.29, 1.82) is 5.26 Å². The molecule has 0 radical (unpaired) electrons. The second kappa shape index (κ2) is 18.0. The van der Waals surface area contributed by atoms with Crippen molar-refractivity contribution in [3.05, 3.63) is 123 Å². The molecule has 9 nitrogen and oxygen atoms in total. The minimum atomic E-state index is 0.259. The Morgan fingerprint density at radius 1 is 0.833 bits per heavy atom. The Balaban J connectivity index is 1.07. The number of halogens is 1. The summed E-state index contributed by atoms with van der Waals surface area (Å²) >= 11 is 6.97. The third kappa shape index (κ3) is 9.25. The number of rotatable bonds is 15. The molecular weight excluding hydrogens is 696 g/mol. The van der Waals surface area contributed by atoms with Gasteiger partial charge >= 0.3 is 0 Å². The van der Waals surface area contributed by atoms with E-state index in [1.54, 1.807) is 18.5 Å². The van der Waals surface area contributed by atoms with Gasteiger partial charge in [-0.05, 0) is 118 Å². The molecule has 280 valence electrons. The van der Waals surface area contributed by atoms with E-state index in [4.69, 9.17) is 25.8 Å². The van der Waals surface area contributed by atoms with Crippen LogP contribution in [0.4, 0.5) is 0 Å². The van der Waals surface area contributed by atoms with E-state index in [2.05, 4.69) is 87.4 Å². The normalized spacial score (nSPS) is 16.3. The topological polar surface area (TPSA) is 99.5 Å². The predicted molar refractivity (Wildman–Crippen MR) is 212 cm³/mol. The third-order valence-corrected chi connectivity index (χ3v) is 11.1. The van der Waals surface area contributed by atoms with Crippen molar-refractivity contribution in [2.75, 3.05) is 39.3 Å². The van der Waals surface area contributed by atoms with Gasteiger partial charge in [-0.15, -0.1) is 0 Å². The van der Waals surface area contributed by atoms with Crippen molar-refractivity contribution in [3.63, 3.8) is 0 Å². The van der Waals surface area contributed by atoms with Crippen molar-refractivity contribution in [3.8, 4) is 34.4 Å². The average Bonchev–Trinajstić information content (AvgIpc) is 3.93. The van der Waals surface area contributed by atoms with Gasteiger partial charge in [-0.3, -0.25) is 15.0 Å². The molecule has 3 aromatic carbocycles. The first-order valence-electron chi connectivity index (χ1n) is 19.1. The maximum Gasteiger partial charge on any atom is 0.142 e. The zero-order valence-corrected chi connectivity index (χ0v) is 32.1. The lowest BCUT2D eigenvalue weighted by Gasteiger charge is -2.32. The standard InChI is InChI=1S/C44H49ClN6O3/c1-31-36(9-5-11-38(31)39-12-6-13-42(32(39)2)52-20-8-19-50-16-3-4-17-50)30-54-44-23-43(53-29-34-21-33(24-46)25-47-26-34)37(22-40(44)45)28-51-18-7-10-35(27-51)41-14-15-48-49-41/h5-6,9,11-15,21-23,25-26,35H,3-4,7-8,10,16-20,27-30H2,1-2H3,(H,48,49). The molecule has 0 spiro atoms. The van der Waals surface area contributed by atoms with Crippen LogP contribution in [0.25, 0.3) is 11.1 Å². The van der Waals surface area contributed by atoms with E-state index >= 15 is 0 Å². The molecule has 7 rings (SSSR count). The quantitative estimate of drug-likeness (QED) is 0.106. The summed E-state index contributed by atoms with van der Waals surface area (Å²) in [6, 6.07) is 22.6. The van der Waals surface area contributed by atoms with Gasteiger partial charge in [0, 0.05) is 67.0 Å². The van der Waals surface area contributed by atoms with Gasteiger partial charge in [0.25, 0.3) is 0 Å². The van der Waals surface area contributed by atoms with Gasteiger partial charge in [0.1, 0.15) is 36.5 Å². The molecule has 0 aliphatic carbocycles. The summed E-state index contributed by atoms with van der Waals surface area (Å²) in [5, 5.41) is 17.3. The van der Waals surface area contributed by atoms with Gasteiger partial charge in [0.15, 0.2) is 0 Å². The molecule has 0 bridgehead atoms. The summed E-state index contributed by atoms with van der Waals surface area (Å²) < 4.78 is 19.2. The molecule has 0 saturated carbocycles. The van der Waals surface area contributed by atoms with Crippen LogP contribution in [-0.4, -0.2) is 64.3 Å². The molecule has 54 heavy (non-hydrogen) atoms. The molecule has 1 unspecified atom stereocenters. The van der Waals surface area contributed by atoms with E-state index < -0.39 is 0 Å². The van der Waals surface area contributed by atoms with E-state index in [9.17, 15) is 5.26 Å². The fourth-order valence-electron chi connectivity index (χ4n) is 7.75. The van der Waals surface area contributed by atoms with Crippen molar-refractivity contribution < 1.29 is 14.2 Å². The van der Waals surface area contributed by atoms with Crippen LogP contribution in [0, 0.1) is 25.2 Å². The molecular formula is C44H49ClN6O3. The molecule has 2 fully saturated rings. The minimum Gasteiger partial charge on any atom is -0.493 e. The van der Waals surface area contributed by atoms with Crippen LogP contribution in [-0.2, 0) is 19.8 Å². The number of H-pyrrole nitrogens is 1. The number of pyridine rings is 1. The van der Waals surface area contributed by atoms with E-state index in [-0.39, 0.29) is 6.61 Å². The molecule has 10 heteroatoms. The molecule has 1 atom stereocenters. The zero-order valence-electron chi connectivity index (χ0n) is 31.3. The van der Waals surface area contributed by atoms with Crippen LogP contribution >= 0.6 is 11.6 Å². The molecule has 2 aromatic heterocycles. The van der Waals surface area contributed by atoms with Gasteiger partial charge < -0.3 is 19.1 Å². The molecule has 4 heterocycles. The second-order valence-corrected chi connectivity index (χ2v) is 14.9. The smallest absolute Gasteiger partial charge is 0.142 e. The van der Waals surface area contributed by atoms with Crippen LogP contribution in [0.1, 0.15) is 77.1 Å². The number of nitriles is 1. The molecule has 2 saturated heterocycles. The van der Waals surface area contributed by atoms with Crippen molar-refractivity contribution in [1.82, 2.24) is 25.0 Å². The van der Waals surface area contributed by atoms with E-state index in [1.807, 2.05) is 18.3 Å². The lowest BCUT2D eigenvalue weighted by molar-refractivity contribution is 0.194. The van der Waals surface area contributed by atoms with Crippen molar-refractivity contribution in [2.24, 2.45) is 0 Å². The molecule has 2 aliphatic heterocycles. The number of nitrogens with one attached hydrogen (secondary N) is 1. The highest BCUT2D eigenvalue weighted by Crippen LogP contribution is 2.37. The van der Waals surface area contributed by atoms with Crippen molar-refractivity contribution in [2.45, 2.75) is 71.6 Å². The number of aromatic nitrogens is 3. The van der Waals surface area contributed by atoms with Crippen LogP contribution in [0.5, 0.6) is 17.2 Å². The predicted octanol–water partition coefficient (Wildman–Crippen LogP) is 9.02. The molecule has 1 N–H and O–H groups in total. The largest absolute Gasteiger partial charge is 0.493 e. The maximum atomic E-state index is 9.40. The molecule has 0 amide bonds. The Bertz CT molecular complexity index is 2060. The number of hydrogen-bond donors (Lipinski definition) is 1.